The van der Waals surface area contributed by atoms with Crippen LogP contribution in [0.25, 0.3) is 0 Å². The lowest BCUT2D eigenvalue weighted by Crippen LogP contribution is -2.25. The van der Waals surface area contributed by atoms with Crippen LogP contribution in [0.15, 0.2) is 72.0 Å². The largest absolute Gasteiger partial charge is 0.457 e. The minimum Gasteiger partial charge on any atom is -0.457 e. The maximum atomic E-state index is 13.0. The van der Waals surface area contributed by atoms with Gasteiger partial charge in [0, 0.05) is 12.2 Å². The molecule has 0 spiro atoms. The van der Waals surface area contributed by atoms with Gasteiger partial charge < -0.3 is 15.8 Å². The Morgan fingerprint density at radius 2 is 1.92 bits per heavy atom. The van der Waals surface area contributed by atoms with E-state index in [9.17, 15) is 9.18 Å². The molecule has 0 unspecified atom stereocenters. The predicted octanol–water partition coefficient (Wildman–Crippen LogP) is 4.43. The third kappa shape index (κ3) is 5.77. The fourth-order valence-corrected chi connectivity index (χ4v) is 2.26. The van der Waals surface area contributed by atoms with Crippen LogP contribution in [0, 0.1) is 5.82 Å². The highest BCUT2D eigenvalue weighted by atomic mass is 19.1. The molecule has 0 saturated heterocycles. The monoisotopic (exact) mass is 354 g/mol. The number of carbonyl (C=O) groups is 1. The molecule has 2 aromatic carbocycles. The van der Waals surface area contributed by atoms with Gasteiger partial charge in [0.2, 0.25) is 0 Å². The zero-order valence-electron chi connectivity index (χ0n) is 15.0. The van der Waals surface area contributed by atoms with Crippen molar-refractivity contribution in [3.05, 3.63) is 83.3 Å². The van der Waals surface area contributed by atoms with Gasteiger partial charge >= 0.3 is 0 Å². The van der Waals surface area contributed by atoms with Gasteiger partial charge in [-0.3, -0.25) is 4.79 Å². The first-order valence-corrected chi connectivity index (χ1v) is 8.43. The molecule has 0 saturated carbocycles. The molecule has 5 heteroatoms. The van der Waals surface area contributed by atoms with Crippen LogP contribution < -0.4 is 15.8 Å². The first-order valence-electron chi connectivity index (χ1n) is 8.43. The van der Waals surface area contributed by atoms with Gasteiger partial charge in [0.05, 0.1) is 5.57 Å². The second-order valence-corrected chi connectivity index (χ2v) is 5.79. The Morgan fingerprint density at radius 1 is 1.19 bits per heavy atom. The van der Waals surface area contributed by atoms with E-state index >= 15 is 0 Å². The topological polar surface area (TPSA) is 64.3 Å². The number of nitrogens with two attached hydrogens (primary N) is 1. The Labute approximate surface area is 153 Å². The summed E-state index contributed by atoms with van der Waals surface area (Å²) in [6.07, 6.45) is 4.45. The van der Waals surface area contributed by atoms with Gasteiger partial charge in [0.25, 0.3) is 5.91 Å². The molecule has 0 aliphatic heterocycles. The molecular formula is C21H23FN2O2. The molecule has 0 bridgehead atoms. The Hall–Kier alpha value is -3.08. The number of amides is 1. The first kappa shape index (κ1) is 19.2. The highest BCUT2D eigenvalue weighted by Crippen LogP contribution is 2.22. The molecule has 0 fully saturated rings. The summed E-state index contributed by atoms with van der Waals surface area (Å²) in [6, 6.07) is 13.1. The van der Waals surface area contributed by atoms with E-state index in [0.29, 0.717) is 29.3 Å². The molecule has 0 radical (unpaired) electrons. The van der Waals surface area contributed by atoms with Crippen LogP contribution in [0.1, 0.15) is 25.8 Å². The molecule has 136 valence electrons. The van der Waals surface area contributed by atoms with E-state index < -0.39 is 0 Å². The molecule has 0 aliphatic carbocycles. The summed E-state index contributed by atoms with van der Waals surface area (Å²) in [6.45, 7) is 4.03. The van der Waals surface area contributed by atoms with Crippen molar-refractivity contribution in [2.75, 3.05) is 0 Å². The number of rotatable bonds is 7. The SMILES string of the molecule is CC/C=C\C(C(=O)NCc1cccc(Oc2ccc(F)cc2)c1)=C(/C)N. The first-order chi connectivity index (χ1) is 12.5. The number of benzene rings is 2. The van der Waals surface area contributed by atoms with Crippen molar-refractivity contribution in [3.8, 4) is 11.5 Å². The van der Waals surface area contributed by atoms with Gasteiger partial charge in [-0.25, -0.2) is 4.39 Å². The maximum absolute atomic E-state index is 13.0. The average molecular weight is 354 g/mol. The molecule has 0 heterocycles. The fourth-order valence-electron chi connectivity index (χ4n) is 2.26. The van der Waals surface area contributed by atoms with E-state index in [-0.39, 0.29) is 11.7 Å². The number of nitrogens with one attached hydrogen (secondary N) is 1. The maximum Gasteiger partial charge on any atom is 0.253 e. The van der Waals surface area contributed by atoms with Crippen LogP contribution in [-0.2, 0) is 11.3 Å². The Balaban J connectivity index is 2.02. The van der Waals surface area contributed by atoms with Crippen molar-refractivity contribution in [1.29, 1.82) is 0 Å². The third-order valence-corrected chi connectivity index (χ3v) is 3.59. The van der Waals surface area contributed by atoms with Crippen LogP contribution in [0.2, 0.25) is 0 Å². The van der Waals surface area contributed by atoms with E-state index in [1.165, 1.54) is 12.1 Å². The molecule has 2 rings (SSSR count). The molecule has 0 aliphatic rings. The van der Waals surface area contributed by atoms with Crippen molar-refractivity contribution in [2.45, 2.75) is 26.8 Å². The molecule has 4 nitrogen and oxygen atoms in total. The average Bonchev–Trinajstić information content (AvgIpc) is 2.62. The summed E-state index contributed by atoms with van der Waals surface area (Å²) in [7, 11) is 0. The van der Waals surface area contributed by atoms with Gasteiger partial charge in [-0.2, -0.15) is 0 Å². The van der Waals surface area contributed by atoms with Gasteiger partial charge in [-0.15, -0.1) is 0 Å². The standard InChI is InChI=1S/C21H23FN2O2/c1-3-4-8-20(15(2)23)21(25)24-14-16-6-5-7-19(13-16)26-18-11-9-17(22)10-12-18/h4-13H,3,14,23H2,1-2H3,(H,24,25)/b8-4-,20-15-. The third-order valence-electron chi connectivity index (χ3n) is 3.59. The lowest BCUT2D eigenvalue weighted by atomic mass is 10.1. The van der Waals surface area contributed by atoms with Crippen LogP contribution >= 0.6 is 0 Å². The molecule has 2 aromatic rings. The number of allylic oxidation sites excluding steroid dienone is 2. The van der Waals surface area contributed by atoms with Gasteiger partial charge in [-0.05, 0) is 55.3 Å². The Bertz CT molecular complexity index is 807. The summed E-state index contributed by atoms with van der Waals surface area (Å²) in [5, 5.41) is 2.85. The van der Waals surface area contributed by atoms with E-state index in [4.69, 9.17) is 10.5 Å². The van der Waals surface area contributed by atoms with Crippen molar-refractivity contribution in [2.24, 2.45) is 5.73 Å². The Kier molecular flexibility index (Phi) is 6.97. The zero-order valence-corrected chi connectivity index (χ0v) is 15.0. The highest BCUT2D eigenvalue weighted by Gasteiger charge is 2.09. The van der Waals surface area contributed by atoms with E-state index in [1.807, 2.05) is 31.2 Å². The van der Waals surface area contributed by atoms with Crippen LogP contribution in [0.4, 0.5) is 4.39 Å². The lowest BCUT2D eigenvalue weighted by Gasteiger charge is -2.10. The zero-order chi connectivity index (χ0) is 18.9. The van der Waals surface area contributed by atoms with E-state index in [0.717, 1.165) is 12.0 Å². The summed E-state index contributed by atoms with van der Waals surface area (Å²) < 4.78 is 18.7. The van der Waals surface area contributed by atoms with E-state index in [1.54, 1.807) is 31.2 Å². The molecule has 26 heavy (non-hydrogen) atoms. The molecule has 0 aromatic heterocycles. The molecule has 0 atom stereocenters. The second-order valence-electron chi connectivity index (χ2n) is 5.79. The van der Waals surface area contributed by atoms with Gasteiger partial charge in [-0.1, -0.05) is 31.2 Å². The minimum absolute atomic E-state index is 0.223. The summed E-state index contributed by atoms with van der Waals surface area (Å²) >= 11 is 0. The molecular weight excluding hydrogens is 331 g/mol. The minimum atomic E-state index is -0.315. The second kappa shape index (κ2) is 9.42. The number of hydrogen-bond donors (Lipinski definition) is 2. The fraction of sp³-hybridized carbons (Fsp3) is 0.190. The van der Waals surface area contributed by atoms with Crippen molar-refractivity contribution in [1.82, 2.24) is 5.32 Å². The van der Waals surface area contributed by atoms with Gasteiger partial charge in [0.15, 0.2) is 0 Å². The van der Waals surface area contributed by atoms with Crippen LogP contribution in [0.3, 0.4) is 0 Å². The number of halogens is 1. The number of carbonyl (C=O) groups excluding carboxylic acids is 1. The van der Waals surface area contributed by atoms with Crippen molar-refractivity contribution >= 4 is 5.91 Å². The van der Waals surface area contributed by atoms with Gasteiger partial charge in [0.1, 0.15) is 17.3 Å². The van der Waals surface area contributed by atoms with Crippen molar-refractivity contribution < 1.29 is 13.9 Å². The highest BCUT2D eigenvalue weighted by molar-refractivity contribution is 5.96. The summed E-state index contributed by atoms with van der Waals surface area (Å²) in [5.41, 5.74) is 7.61. The number of ether oxygens (including phenoxy) is 1. The smallest absolute Gasteiger partial charge is 0.253 e. The Morgan fingerprint density at radius 3 is 2.58 bits per heavy atom. The molecule has 1 amide bonds. The quantitative estimate of drug-likeness (QED) is 0.571. The van der Waals surface area contributed by atoms with Crippen molar-refractivity contribution in [3.63, 3.8) is 0 Å². The predicted molar refractivity (Wildman–Crippen MR) is 101 cm³/mol. The van der Waals surface area contributed by atoms with Crippen LogP contribution in [0.5, 0.6) is 11.5 Å². The normalized spacial score (nSPS) is 12.0. The molecule has 3 N–H and O–H groups in total. The summed E-state index contributed by atoms with van der Waals surface area (Å²) in [5.74, 6) is 0.616. The lowest BCUT2D eigenvalue weighted by molar-refractivity contribution is -0.117. The number of hydrogen-bond acceptors (Lipinski definition) is 3. The van der Waals surface area contributed by atoms with Crippen LogP contribution in [-0.4, -0.2) is 5.91 Å². The summed E-state index contributed by atoms with van der Waals surface area (Å²) in [4.78, 5) is 12.3. The van der Waals surface area contributed by atoms with E-state index in [2.05, 4.69) is 5.32 Å².